The standard InChI is InChI=1S/C7H9BrN2O/c1-10-5-6(4-9-10)2-7(11)3-8/h4-5H,2-3H2,1H3. The van der Waals surface area contributed by atoms with Crippen molar-refractivity contribution in [1.82, 2.24) is 9.78 Å². The van der Waals surface area contributed by atoms with Gasteiger partial charge in [0.2, 0.25) is 0 Å². The number of Topliss-reactive ketones (excluding diaryl/α,β-unsaturated/α-hetero) is 1. The smallest absolute Gasteiger partial charge is 0.147 e. The molecule has 60 valence electrons. The van der Waals surface area contributed by atoms with E-state index in [-0.39, 0.29) is 5.78 Å². The van der Waals surface area contributed by atoms with Crippen LogP contribution in [0.4, 0.5) is 0 Å². The summed E-state index contributed by atoms with van der Waals surface area (Å²) in [7, 11) is 1.84. The monoisotopic (exact) mass is 216 g/mol. The SMILES string of the molecule is Cn1cc(CC(=O)CBr)cn1. The molecule has 1 rings (SSSR count). The molecule has 3 nitrogen and oxygen atoms in total. The van der Waals surface area contributed by atoms with Gasteiger partial charge in [-0.2, -0.15) is 5.10 Å². The van der Waals surface area contributed by atoms with E-state index in [0.29, 0.717) is 11.8 Å². The van der Waals surface area contributed by atoms with Crippen molar-refractivity contribution in [1.29, 1.82) is 0 Å². The molecule has 0 spiro atoms. The van der Waals surface area contributed by atoms with Crippen LogP contribution in [-0.2, 0) is 18.3 Å². The molecule has 0 saturated carbocycles. The number of ketones is 1. The fourth-order valence-electron chi connectivity index (χ4n) is 0.838. The van der Waals surface area contributed by atoms with E-state index in [0.717, 1.165) is 5.56 Å². The number of aryl methyl sites for hydroxylation is 1. The fourth-order valence-corrected chi connectivity index (χ4v) is 1.04. The second-order valence-corrected chi connectivity index (χ2v) is 2.93. The lowest BCUT2D eigenvalue weighted by molar-refractivity contribution is -0.115. The summed E-state index contributed by atoms with van der Waals surface area (Å²) in [5.74, 6) is 0.179. The molecule has 0 aliphatic heterocycles. The maximum atomic E-state index is 10.9. The van der Waals surface area contributed by atoms with Crippen LogP contribution in [0, 0.1) is 0 Å². The van der Waals surface area contributed by atoms with Gasteiger partial charge in [0.15, 0.2) is 0 Å². The van der Waals surface area contributed by atoms with Crippen LogP contribution in [0.2, 0.25) is 0 Å². The third-order valence-corrected chi connectivity index (χ3v) is 1.93. The third-order valence-electron chi connectivity index (χ3n) is 1.31. The van der Waals surface area contributed by atoms with Crippen molar-refractivity contribution in [3.8, 4) is 0 Å². The molecule has 0 unspecified atom stereocenters. The summed E-state index contributed by atoms with van der Waals surface area (Å²) in [6.07, 6.45) is 4.03. The summed E-state index contributed by atoms with van der Waals surface area (Å²) in [4.78, 5) is 10.9. The molecule has 0 radical (unpaired) electrons. The Morgan fingerprint density at radius 3 is 3.00 bits per heavy atom. The first kappa shape index (κ1) is 8.46. The maximum Gasteiger partial charge on any atom is 0.147 e. The number of halogens is 1. The normalized spacial score (nSPS) is 10.0. The highest BCUT2D eigenvalue weighted by Crippen LogP contribution is 1.99. The number of carbonyl (C=O) groups excluding carboxylic acids is 1. The lowest BCUT2D eigenvalue weighted by Crippen LogP contribution is -2.02. The van der Waals surface area contributed by atoms with E-state index in [1.165, 1.54) is 0 Å². The molecule has 0 amide bonds. The lowest BCUT2D eigenvalue weighted by Gasteiger charge is -1.90. The molecule has 4 heteroatoms. The number of aromatic nitrogens is 2. The molecule has 0 aliphatic carbocycles. The van der Waals surface area contributed by atoms with Crippen LogP contribution in [0.15, 0.2) is 12.4 Å². The van der Waals surface area contributed by atoms with Gasteiger partial charge in [0.05, 0.1) is 11.5 Å². The van der Waals surface area contributed by atoms with Gasteiger partial charge in [0.1, 0.15) is 5.78 Å². The van der Waals surface area contributed by atoms with Crippen LogP contribution in [0.5, 0.6) is 0 Å². The van der Waals surface area contributed by atoms with Crippen LogP contribution in [-0.4, -0.2) is 20.9 Å². The van der Waals surface area contributed by atoms with E-state index in [1.807, 2.05) is 13.2 Å². The van der Waals surface area contributed by atoms with E-state index in [1.54, 1.807) is 10.9 Å². The Labute approximate surface area is 73.5 Å². The molecule has 11 heavy (non-hydrogen) atoms. The Balaban J connectivity index is 2.57. The van der Waals surface area contributed by atoms with Crippen molar-refractivity contribution in [3.63, 3.8) is 0 Å². The second-order valence-electron chi connectivity index (χ2n) is 2.37. The summed E-state index contributed by atoms with van der Waals surface area (Å²) >= 11 is 3.10. The topological polar surface area (TPSA) is 34.9 Å². The molecule has 0 fully saturated rings. The van der Waals surface area contributed by atoms with E-state index >= 15 is 0 Å². The number of alkyl halides is 1. The Morgan fingerprint density at radius 1 is 1.82 bits per heavy atom. The van der Waals surface area contributed by atoms with E-state index < -0.39 is 0 Å². The molecule has 0 aromatic carbocycles. The van der Waals surface area contributed by atoms with Gasteiger partial charge in [0, 0.05) is 19.7 Å². The second kappa shape index (κ2) is 3.67. The molecular weight excluding hydrogens is 208 g/mol. The Kier molecular flexibility index (Phi) is 2.82. The van der Waals surface area contributed by atoms with Gasteiger partial charge in [-0.1, -0.05) is 15.9 Å². The van der Waals surface area contributed by atoms with E-state index in [2.05, 4.69) is 21.0 Å². The molecule has 0 bridgehead atoms. The van der Waals surface area contributed by atoms with Gasteiger partial charge in [-0.3, -0.25) is 9.48 Å². The van der Waals surface area contributed by atoms with Crippen LogP contribution < -0.4 is 0 Å². The van der Waals surface area contributed by atoms with E-state index in [4.69, 9.17) is 0 Å². The molecule has 0 atom stereocenters. The number of nitrogens with zero attached hydrogens (tertiary/aromatic N) is 2. The highest BCUT2D eigenvalue weighted by molar-refractivity contribution is 9.09. The number of carbonyl (C=O) groups is 1. The summed E-state index contributed by atoms with van der Waals surface area (Å²) in [6.45, 7) is 0. The van der Waals surface area contributed by atoms with Gasteiger partial charge in [0.25, 0.3) is 0 Å². The molecule has 1 heterocycles. The molecule has 0 aliphatic rings. The number of hydrogen-bond acceptors (Lipinski definition) is 2. The Morgan fingerprint density at radius 2 is 2.55 bits per heavy atom. The predicted octanol–water partition coefficient (Wildman–Crippen LogP) is 0.927. The zero-order chi connectivity index (χ0) is 8.27. The van der Waals surface area contributed by atoms with Crippen molar-refractivity contribution in [2.24, 2.45) is 7.05 Å². The highest BCUT2D eigenvalue weighted by Gasteiger charge is 2.02. The van der Waals surface area contributed by atoms with Crippen LogP contribution in [0.3, 0.4) is 0 Å². The largest absolute Gasteiger partial charge is 0.298 e. The average Bonchev–Trinajstić information content (AvgIpc) is 2.35. The number of rotatable bonds is 3. The summed E-state index contributed by atoms with van der Waals surface area (Å²) < 4.78 is 1.69. The van der Waals surface area contributed by atoms with Crippen LogP contribution in [0.25, 0.3) is 0 Å². The summed E-state index contributed by atoms with van der Waals surface area (Å²) in [6, 6.07) is 0. The first-order valence-electron chi connectivity index (χ1n) is 3.27. The lowest BCUT2D eigenvalue weighted by atomic mass is 10.2. The quantitative estimate of drug-likeness (QED) is 0.706. The maximum absolute atomic E-state index is 10.9. The van der Waals surface area contributed by atoms with Gasteiger partial charge in [-0.15, -0.1) is 0 Å². The Bertz CT molecular complexity index is 257. The van der Waals surface area contributed by atoms with Gasteiger partial charge in [-0.05, 0) is 5.56 Å². The fraction of sp³-hybridized carbons (Fsp3) is 0.429. The predicted molar refractivity (Wildman–Crippen MR) is 45.7 cm³/mol. The first-order chi connectivity index (χ1) is 5.22. The summed E-state index contributed by atoms with van der Waals surface area (Å²) in [5.41, 5.74) is 0.969. The van der Waals surface area contributed by atoms with Crippen LogP contribution in [0.1, 0.15) is 5.56 Å². The zero-order valence-corrected chi connectivity index (χ0v) is 7.84. The molecule has 1 aromatic rings. The Hall–Kier alpha value is -0.640. The van der Waals surface area contributed by atoms with Crippen LogP contribution >= 0.6 is 15.9 Å². The molecular formula is C7H9BrN2O. The zero-order valence-electron chi connectivity index (χ0n) is 6.25. The average molecular weight is 217 g/mol. The van der Waals surface area contributed by atoms with E-state index in [9.17, 15) is 4.79 Å². The molecule has 0 N–H and O–H groups in total. The van der Waals surface area contributed by atoms with Crippen molar-refractivity contribution in [3.05, 3.63) is 18.0 Å². The minimum absolute atomic E-state index is 0.179. The summed E-state index contributed by atoms with van der Waals surface area (Å²) in [5, 5.41) is 4.37. The highest BCUT2D eigenvalue weighted by atomic mass is 79.9. The van der Waals surface area contributed by atoms with Crippen molar-refractivity contribution < 1.29 is 4.79 Å². The molecule has 1 aromatic heterocycles. The minimum Gasteiger partial charge on any atom is -0.298 e. The first-order valence-corrected chi connectivity index (χ1v) is 4.39. The number of hydrogen-bond donors (Lipinski definition) is 0. The molecule has 0 saturated heterocycles. The van der Waals surface area contributed by atoms with Crippen molar-refractivity contribution in [2.75, 3.05) is 5.33 Å². The van der Waals surface area contributed by atoms with Gasteiger partial charge in [-0.25, -0.2) is 0 Å². The van der Waals surface area contributed by atoms with Crippen molar-refractivity contribution >= 4 is 21.7 Å². The van der Waals surface area contributed by atoms with Gasteiger partial charge >= 0.3 is 0 Å². The van der Waals surface area contributed by atoms with Gasteiger partial charge < -0.3 is 0 Å². The third kappa shape index (κ3) is 2.46. The van der Waals surface area contributed by atoms with Crippen molar-refractivity contribution in [2.45, 2.75) is 6.42 Å². The minimum atomic E-state index is 0.179.